The number of carbonyl (C=O) groups is 1. The summed E-state index contributed by atoms with van der Waals surface area (Å²) in [5, 5.41) is 5.26. The molecule has 24 heavy (non-hydrogen) atoms. The highest BCUT2D eigenvalue weighted by molar-refractivity contribution is 5.92. The van der Waals surface area contributed by atoms with Crippen molar-refractivity contribution in [2.75, 3.05) is 11.9 Å². The van der Waals surface area contributed by atoms with Gasteiger partial charge in [0.15, 0.2) is 0 Å². The lowest BCUT2D eigenvalue weighted by atomic mass is 10.1. The van der Waals surface area contributed by atoms with Crippen molar-refractivity contribution in [1.29, 1.82) is 0 Å². The molecule has 0 aliphatic rings. The van der Waals surface area contributed by atoms with E-state index in [1.807, 2.05) is 0 Å². The fraction of sp³-hybridized carbons (Fsp3) is 0.353. The Kier molecular flexibility index (Phi) is 5.78. The van der Waals surface area contributed by atoms with Crippen LogP contribution in [0.3, 0.4) is 0 Å². The molecule has 0 radical (unpaired) electrons. The molecule has 1 amide bonds. The number of aromatic nitrogens is 2. The highest BCUT2D eigenvalue weighted by Crippen LogP contribution is 2.21. The fourth-order valence-corrected chi connectivity index (χ4v) is 2.03. The Morgan fingerprint density at radius 1 is 1.21 bits per heavy atom. The second kappa shape index (κ2) is 7.81. The molecule has 1 aromatic heterocycles. The number of nitrogens with zero attached hydrogens (tertiary/aromatic N) is 2. The molecule has 0 aliphatic heterocycles. The predicted octanol–water partition coefficient (Wildman–Crippen LogP) is 3.58. The maximum atomic E-state index is 13.7. The molecule has 2 N–H and O–H groups in total. The van der Waals surface area contributed by atoms with Crippen LogP contribution < -0.4 is 10.6 Å². The normalized spacial score (nSPS) is 10.8. The number of rotatable bonds is 6. The zero-order chi connectivity index (χ0) is 17.7. The third-order valence-electron chi connectivity index (χ3n) is 3.29. The van der Waals surface area contributed by atoms with Crippen molar-refractivity contribution in [2.45, 2.75) is 27.2 Å². The first-order valence-corrected chi connectivity index (χ1v) is 7.71. The average Bonchev–Trinajstić information content (AvgIpc) is 2.50. The first-order valence-electron chi connectivity index (χ1n) is 7.71. The highest BCUT2D eigenvalue weighted by atomic mass is 19.1. The van der Waals surface area contributed by atoms with Crippen LogP contribution in [0.2, 0.25) is 0 Å². The third kappa shape index (κ3) is 4.71. The van der Waals surface area contributed by atoms with E-state index in [1.54, 1.807) is 6.92 Å². The molecule has 0 saturated heterocycles. The number of halogens is 2. The Morgan fingerprint density at radius 2 is 1.88 bits per heavy atom. The van der Waals surface area contributed by atoms with Gasteiger partial charge in [0.25, 0.3) is 5.91 Å². The minimum Gasteiger partial charge on any atom is -0.351 e. The molecule has 1 aromatic carbocycles. The van der Waals surface area contributed by atoms with Gasteiger partial charge in [0.05, 0.1) is 0 Å². The van der Waals surface area contributed by atoms with Crippen LogP contribution in [0.15, 0.2) is 24.3 Å². The molecular formula is C17H20F2N4O. The van der Waals surface area contributed by atoms with E-state index in [2.05, 4.69) is 34.4 Å². The topological polar surface area (TPSA) is 66.9 Å². The number of anilines is 2. The van der Waals surface area contributed by atoms with Crippen molar-refractivity contribution in [3.8, 4) is 0 Å². The lowest BCUT2D eigenvalue weighted by molar-refractivity contribution is 0.0947. The summed E-state index contributed by atoms with van der Waals surface area (Å²) in [6.07, 6.45) is 0.849. The first kappa shape index (κ1) is 17.8. The number of hydrogen-bond donors (Lipinski definition) is 2. The summed E-state index contributed by atoms with van der Waals surface area (Å²) in [6.45, 7) is 6.33. The van der Waals surface area contributed by atoms with E-state index >= 15 is 0 Å². The molecule has 0 atom stereocenters. The van der Waals surface area contributed by atoms with E-state index in [0.717, 1.165) is 18.6 Å². The van der Waals surface area contributed by atoms with Crippen LogP contribution in [-0.4, -0.2) is 22.4 Å². The number of benzene rings is 1. The van der Waals surface area contributed by atoms with Crippen LogP contribution >= 0.6 is 0 Å². The van der Waals surface area contributed by atoms with Gasteiger partial charge >= 0.3 is 0 Å². The van der Waals surface area contributed by atoms with Crippen LogP contribution in [-0.2, 0) is 0 Å². The molecule has 0 spiro atoms. The maximum Gasteiger partial charge on any atom is 0.270 e. The molecule has 1 heterocycles. The number of para-hydroxylation sites is 1. The highest BCUT2D eigenvalue weighted by Gasteiger charge is 2.14. The zero-order valence-corrected chi connectivity index (χ0v) is 13.9. The quantitative estimate of drug-likeness (QED) is 0.847. The minimum absolute atomic E-state index is 0.0343. The summed E-state index contributed by atoms with van der Waals surface area (Å²) in [5.41, 5.74) is 0.304. The average molecular weight is 334 g/mol. The summed E-state index contributed by atoms with van der Waals surface area (Å²) in [5.74, 6) is -1.43. The first-order chi connectivity index (χ1) is 11.4. The number of carbonyl (C=O) groups excluding carboxylic acids is 1. The van der Waals surface area contributed by atoms with Crippen LogP contribution in [0.5, 0.6) is 0 Å². The van der Waals surface area contributed by atoms with E-state index in [1.165, 1.54) is 12.1 Å². The van der Waals surface area contributed by atoms with Crippen molar-refractivity contribution in [2.24, 2.45) is 5.92 Å². The molecule has 5 nitrogen and oxygen atoms in total. The van der Waals surface area contributed by atoms with E-state index in [-0.39, 0.29) is 23.2 Å². The van der Waals surface area contributed by atoms with E-state index in [4.69, 9.17) is 0 Å². The second-order valence-electron chi connectivity index (χ2n) is 5.88. The van der Waals surface area contributed by atoms with Gasteiger partial charge in [-0.15, -0.1) is 0 Å². The maximum absolute atomic E-state index is 13.7. The van der Waals surface area contributed by atoms with Crippen LogP contribution in [0, 0.1) is 24.5 Å². The second-order valence-corrected chi connectivity index (χ2v) is 5.88. The van der Waals surface area contributed by atoms with Gasteiger partial charge < -0.3 is 10.6 Å². The molecule has 0 fully saturated rings. The van der Waals surface area contributed by atoms with E-state index < -0.39 is 11.6 Å². The van der Waals surface area contributed by atoms with Crippen molar-refractivity contribution in [3.05, 3.63) is 47.3 Å². The van der Waals surface area contributed by atoms with Crippen molar-refractivity contribution >= 4 is 17.5 Å². The molecule has 0 saturated carbocycles. The van der Waals surface area contributed by atoms with Crippen molar-refractivity contribution < 1.29 is 13.6 Å². The Bertz CT molecular complexity index is 714. The third-order valence-corrected chi connectivity index (χ3v) is 3.29. The zero-order valence-electron chi connectivity index (χ0n) is 13.9. The van der Waals surface area contributed by atoms with Crippen LogP contribution in [0.1, 0.15) is 36.5 Å². The molecule has 128 valence electrons. The number of amides is 1. The summed E-state index contributed by atoms with van der Waals surface area (Å²) >= 11 is 0. The Balaban J connectivity index is 2.18. The van der Waals surface area contributed by atoms with Gasteiger partial charge in [0, 0.05) is 12.2 Å². The Morgan fingerprint density at radius 3 is 2.50 bits per heavy atom. The van der Waals surface area contributed by atoms with E-state index in [9.17, 15) is 13.6 Å². The number of aryl methyl sites for hydroxylation is 1. The predicted molar refractivity (Wildman–Crippen MR) is 88.2 cm³/mol. The van der Waals surface area contributed by atoms with Gasteiger partial charge in [0.1, 0.15) is 23.0 Å². The fourth-order valence-electron chi connectivity index (χ4n) is 2.03. The minimum atomic E-state index is -0.761. The number of nitrogens with one attached hydrogen (secondary N) is 2. The van der Waals surface area contributed by atoms with Gasteiger partial charge in [-0.25, -0.2) is 18.7 Å². The number of hydrogen-bond acceptors (Lipinski definition) is 4. The molecule has 2 aromatic rings. The molecule has 0 aliphatic carbocycles. The summed E-state index contributed by atoms with van der Waals surface area (Å²) in [7, 11) is 0. The molecule has 0 bridgehead atoms. The van der Waals surface area contributed by atoms with Crippen LogP contribution in [0.25, 0.3) is 0 Å². The lowest BCUT2D eigenvalue weighted by Gasteiger charge is -2.10. The Labute approximate surface area is 139 Å². The van der Waals surface area contributed by atoms with Gasteiger partial charge in [-0.2, -0.15) is 0 Å². The molecule has 2 rings (SSSR count). The monoisotopic (exact) mass is 334 g/mol. The van der Waals surface area contributed by atoms with Gasteiger partial charge in [0.2, 0.25) is 5.95 Å². The van der Waals surface area contributed by atoms with Crippen molar-refractivity contribution in [1.82, 2.24) is 15.3 Å². The standard InChI is InChI=1S/C17H20F2N4O/c1-10(2)7-8-20-16(24)14-9-11(3)21-17(22-14)23-15-12(18)5-4-6-13(15)19/h4-6,9-10H,7-8H2,1-3H3,(H,20,24)(H,21,22,23). The summed E-state index contributed by atoms with van der Waals surface area (Å²) in [4.78, 5) is 20.2. The smallest absolute Gasteiger partial charge is 0.270 e. The van der Waals surface area contributed by atoms with Crippen molar-refractivity contribution in [3.63, 3.8) is 0 Å². The largest absolute Gasteiger partial charge is 0.351 e. The summed E-state index contributed by atoms with van der Waals surface area (Å²) < 4.78 is 27.4. The summed E-state index contributed by atoms with van der Waals surface area (Å²) in [6, 6.07) is 5.04. The van der Waals surface area contributed by atoms with Crippen LogP contribution in [0.4, 0.5) is 20.4 Å². The van der Waals surface area contributed by atoms with Gasteiger partial charge in [-0.1, -0.05) is 19.9 Å². The molecule has 0 unspecified atom stereocenters. The Hall–Kier alpha value is -2.57. The van der Waals surface area contributed by atoms with Gasteiger partial charge in [-0.05, 0) is 37.5 Å². The van der Waals surface area contributed by atoms with E-state index in [0.29, 0.717) is 18.2 Å². The molecular weight excluding hydrogens is 314 g/mol. The van der Waals surface area contributed by atoms with Gasteiger partial charge in [-0.3, -0.25) is 4.79 Å². The molecule has 7 heteroatoms. The SMILES string of the molecule is Cc1cc(C(=O)NCCC(C)C)nc(Nc2c(F)cccc2F)n1. The lowest BCUT2D eigenvalue weighted by Crippen LogP contribution is -2.26.